The summed E-state index contributed by atoms with van der Waals surface area (Å²) in [6, 6.07) is 0. The summed E-state index contributed by atoms with van der Waals surface area (Å²) < 4.78 is 5.55. The lowest BCUT2D eigenvalue weighted by Gasteiger charge is -2.17. The average Bonchev–Trinajstić information content (AvgIpc) is 2.09. The van der Waals surface area contributed by atoms with Crippen molar-refractivity contribution in [3.05, 3.63) is 0 Å². The Bertz CT molecular complexity index is 102. The molecule has 0 aliphatic heterocycles. The van der Waals surface area contributed by atoms with Gasteiger partial charge in [-0.3, -0.25) is 0 Å². The zero-order valence-corrected chi connectivity index (χ0v) is 9.25. The summed E-state index contributed by atoms with van der Waals surface area (Å²) in [5.74, 6) is 0.600. The maximum absolute atomic E-state index is 9.01. The van der Waals surface area contributed by atoms with Crippen LogP contribution in [-0.4, -0.2) is 24.4 Å². The van der Waals surface area contributed by atoms with E-state index in [1.165, 1.54) is 12.8 Å². The number of aliphatic hydroxyl groups excluding tert-OH is 1. The summed E-state index contributed by atoms with van der Waals surface area (Å²) in [5, 5.41) is 9.01. The van der Waals surface area contributed by atoms with Crippen LogP contribution >= 0.6 is 0 Å². The van der Waals surface area contributed by atoms with Crippen molar-refractivity contribution in [2.45, 2.75) is 52.6 Å². The number of hydrogen-bond acceptors (Lipinski definition) is 2. The molecule has 0 aromatic carbocycles. The van der Waals surface area contributed by atoms with Gasteiger partial charge in [0.15, 0.2) is 0 Å². The van der Waals surface area contributed by atoms with E-state index in [1.54, 1.807) is 0 Å². The molecular weight excluding hydrogens is 164 g/mol. The largest absolute Gasteiger partial charge is 0.394 e. The van der Waals surface area contributed by atoms with Gasteiger partial charge < -0.3 is 9.84 Å². The zero-order valence-electron chi connectivity index (χ0n) is 9.25. The predicted molar refractivity (Wildman–Crippen MR) is 55.8 cm³/mol. The molecule has 0 spiro atoms. The SMILES string of the molecule is CCCCCOC(CO)CC(C)C. The number of ether oxygens (including phenoxy) is 1. The lowest BCUT2D eigenvalue weighted by atomic mass is 10.1. The van der Waals surface area contributed by atoms with Crippen molar-refractivity contribution in [2.24, 2.45) is 5.92 Å². The van der Waals surface area contributed by atoms with Crippen LogP contribution in [0.15, 0.2) is 0 Å². The maximum atomic E-state index is 9.01. The smallest absolute Gasteiger partial charge is 0.0808 e. The number of aliphatic hydroxyl groups is 1. The minimum Gasteiger partial charge on any atom is -0.394 e. The normalized spacial score (nSPS) is 13.6. The third-order valence-electron chi connectivity index (χ3n) is 2.04. The molecule has 0 saturated heterocycles. The van der Waals surface area contributed by atoms with Crippen molar-refractivity contribution >= 4 is 0 Å². The minimum atomic E-state index is 0.0526. The molecule has 1 N–H and O–H groups in total. The first-order valence-corrected chi connectivity index (χ1v) is 5.43. The fourth-order valence-electron chi connectivity index (χ4n) is 1.32. The second-order valence-corrected chi connectivity index (χ2v) is 4.01. The molecule has 0 heterocycles. The molecule has 0 aliphatic rings. The molecule has 2 heteroatoms. The first kappa shape index (κ1) is 12.9. The van der Waals surface area contributed by atoms with Gasteiger partial charge in [0.1, 0.15) is 0 Å². The van der Waals surface area contributed by atoms with E-state index in [2.05, 4.69) is 20.8 Å². The number of unbranched alkanes of at least 4 members (excludes halogenated alkanes) is 2. The second-order valence-electron chi connectivity index (χ2n) is 4.01. The molecule has 0 aromatic heterocycles. The van der Waals surface area contributed by atoms with Crippen molar-refractivity contribution in [1.82, 2.24) is 0 Å². The maximum Gasteiger partial charge on any atom is 0.0808 e. The Balaban J connectivity index is 3.36. The van der Waals surface area contributed by atoms with Crippen LogP contribution in [0.2, 0.25) is 0 Å². The summed E-state index contributed by atoms with van der Waals surface area (Å²) in [7, 11) is 0. The Morgan fingerprint density at radius 2 is 1.92 bits per heavy atom. The highest BCUT2D eigenvalue weighted by molar-refractivity contribution is 4.58. The molecular formula is C11H24O2. The van der Waals surface area contributed by atoms with E-state index < -0.39 is 0 Å². The Morgan fingerprint density at radius 3 is 2.38 bits per heavy atom. The first-order chi connectivity index (χ1) is 6.20. The molecule has 0 fully saturated rings. The van der Waals surface area contributed by atoms with Crippen LogP contribution in [0, 0.1) is 5.92 Å². The Labute approximate surface area is 82.3 Å². The van der Waals surface area contributed by atoms with Gasteiger partial charge in [0, 0.05) is 6.61 Å². The van der Waals surface area contributed by atoms with Gasteiger partial charge in [-0.25, -0.2) is 0 Å². The average molecular weight is 188 g/mol. The molecule has 0 aliphatic carbocycles. The van der Waals surface area contributed by atoms with Crippen LogP contribution in [0.4, 0.5) is 0 Å². The summed E-state index contributed by atoms with van der Waals surface area (Å²) in [6.07, 6.45) is 4.57. The first-order valence-electron chi connectivity index (χ1n) is 5.43. The van der Waals surface area contributed by atoms with Gasteiger partial charge in [0.05, 0.1) is 12.7 Å². The van der Waals surface area contributed by atoms with Crippen molar-refractivity contribution in [3.8, 4) is 0 Å². The van der Waals surface area contributed by atoms with E-state index >= 15 is 0 Å². The Hall–Kier alpha value is -0.0800. The Morgan fingerprint density at radius 1 is 1.23 bits per heavy atom. The van der Waals surface area contributed by atoms with Gasteiger partial charge in [0.2, 0.25) is 0 Å². The van der Waals surface area contributed by atoms with E-state index in [-0.39, 0.29) is 12.7 Å². The van der Waals surface area contributed by atoms with Crippen molar-refractivity contribution in [3.63, 3.8) is 0 Å². The monoisotopic (exact) mass is 188 g/mol. The lowest BCUT2D eigenvalue weighted by Crippen LogP contribution is -2.20. The molecule has 80 valence electrons. The predicted octanol–water partition coefficient (Wildman–Crippen LogP) is 2.60. The molecule has 0 aromatic rings. The molecule has 0 rings (SSSR count). The van der Waals surface area contributed by atoms with Crippen molar-refractivity contribution in [1.29, 1.82) is 0 Å². The zero-order chi connectivity index (χ0) is 10.1. The van der Waals surface area contributed by atoms with E-state index in [0.717, 1.165) is 19.4 Å². The fraction of sp³-hybridized carbons (Fsp3) is 1.00. The van der Waals surface area contributed by atoms with Crippen LogP contribution in [0.25, 0.3) is 0 Å². The van der Waals surface area contributed by atoms with Crippen LogP contribution in [0.3, 0.4) is 0 Å². The fourth-order valence-corrected chi connectivity index (χ4v) is 1.32. The number of hydrogen-bond donors (Lipinski definition) is 1. The van der Waals surface area contributed by atoms with Crippen molar-refractivity contribution < 1.29 is 9.84 Å². The standard InChI is InChI=1S/C11H24O2/c1-4-5-6-7-13-11(9-12)8-10(2)3/h10-12H,4-9H2,1-3H3. The minimum absolute atomic E-state index is 0.0526. The third kappa shape index (κ3) is 8.26. The summed E-state index contributed by atoms with van der Waals surface area (Å²) in [6.45, 7) is 7.43. The van der Waals surface area contributed by atoms with E-state index in [1.807, 2.05) is 0 Å². The molecule has 0 bridgehead atoms. The molecule has 0 saturated carbocycles. The summed E-state index contributed by atoms with van der Waals surface area (Å²) in [4.78, 5) is 0. The molecule has 1 atom stereocenters. The van der Waals surface area contributed by atoms with Crippen molar-refractivity contribution in [2.75, 3.05) is 13.2 Å². The number of rotatable bonds is 8. The van der Waals surface area contributed by atoms with Crippen LogP contribution < -0.4 is 0 Å². The third-order valence-corrected chi connectivity index (χ3v) is 2.04. The van der Waals surface area contributed by atoms with E-state index in [0.29, 0.717) is 5.92 Å². The van der Waals surface area contributed by atoms with E-state index in [4.69, 9.17) is 9.84 Å². The van der Waals surface area contributed by atoms with Crippen LogP contribution in [0.5, 0.6) is 0 Å². The van der Waals surface area contributed by atoms with Gasteiger partial charge >= 0.3 is 0 Å². The van der Waals surface area contributed by atoms with Gasteiger partial charge in [0.25, 0.3) is 0 Å². The molecule has 2 nitrogen and oxygen atoms in total. The highest BCUT2D eigenvalue weighted by atomic mass is 16.5. The molecule has 0 radical (unpaired) electrons. The quantitative estimate of drug-likeness (QED) is 0.593. The molecule has 0 amide bonds. The van der Waals surface area contributed by atoms with Crippen LogP contribution in [-0.2, 0) is 4.74 Å². The highest BCUT2D eigenvalue weighted by Gasteiger charge is 2.09. The van der Waals surface area contributed by atoms with Gasteiger partial charge in [-0.1, -0.05) is 33.6 Å². The Kier molecular flexibility index (Phi) is 8.46. The lowest BCUT2D eigenvalue weighted by molar-refractivity contribution is -0.000300. The van der Waals surface area contributed by atoms with Gasteiger partial charge in [-0.05, 0) is 18.8 Å². The second kappa shape index (κ2) is 8.52. The van der Waals surface area contributed by atoms with Gasteiger partial charge in [-0.15, -0.1) is 0 Å². The summed E-state index contributed by atoms with van der Waals surface area (Å²) in [5.41, 5.74) is 0. The highest BCUT2D eigenvalue weighted by Crippen LogP contribution is 2.08. The van der Waals surface area contributed by atoms with E-state index in [9.17, 15) is 0 Å². The van der Waals surface area contributed by atoms with Crippen LogP contribution in [0.1, 0.15) is 46.5 Å². The summed E-state index contributed by atoms with van der Waals surface area (Å²) >= 11 is 0. The molecule has 1 unspecified atom stereocenters. The topological polar surface area (TPSA) is 29.5 Å². The molecule has 13 heavy (non-hydrogen) atoms. The van der Waals surface area contributed by atoms with Gasteiger partial charge in [-0.2, -0.15) is 0 Å².